The summed E-state index contributed by atoms with van der Waals surface area (Å²) >= 11 is -2.37. The van der Waals surface area contributed by atoms with Crippen molar-refractivity contribution in [3.8, 4) is 0 Å². The molecule has 0 spiro atoms. The normalized spacial score (nSPS) is 21.9. The summed E-state index contributed by atoms with van der Waals surface area (Å²) in [7, 11) is 1.23. The van der Waals surface area contributed by atoms with Gasteiger partial charge in [0.1, 0.15) is 4.75 Å². The molecule has 0 radical (unpaired) electrons. The molecule has 4 nitrogen and oxygen atoms in total. The average Bonchev–Trinajstić information content (AvgIpc) is 2.17. The largest absolute Gasteiger partial charge is 1.00 e. The van der Waals surface area contributed by atoms with Gasteiger partial charge in [0.15, 0.2) is 0 Å². The summed E-state index contributed by atoms with van der Waals surface area (Å²) in [5.74, 6) is -0.611. The molecule has 0 N–H and O–H groups in total. The van der Waals surface area contributed by atoms with Gasteiger partial charge in [-0.15, -0.1) is 0 Å². The van der Waals surface area contributed by atoms with Crippen LogP contribution in [-0.2, 0) is 20.6 Å². The van der Waals surface area contributed by atoms with Crippen LogP contribution in [0.5, 0.6) is 0 Å². The van der Waals surface area contributed by atoms with Crippen molar-refractivity contribution in [1.29, 1.82) is 0 Å². The predicted octanol–water partition coefficient (Wildman–Crippen LogP) is -2.25. The van der Waals surface area contributed by atoms with Crippen LogP contribution in [0.4, 0.5) is 0 Å². The second-order valence-electron chi connectivity index (χ2n) is 3.28. The van der Waals surface area contributed by atoms with Crippen LogP contribution in [0.1, 0.15) is 32.1 Å². The van der Waals surface area contributed by atoms with Crippen LogP contribution in [0.2, 0.25) is 0 Å². The summed E-state index contributed by atoms with van der Waals surface area (Å²) in [4.78, 5) is 11.3. The Morgan fingerprint density at radius 3 is 2.21 bits per heavy atom. The van der Waals surface area contributed by atoms with Gasteiger partial charge >= 0.3 is 35.5 Å². The van der Waals surface area contributed by atoms with Crippen molar-refractivity contribution < 1.29 is 47.9 Å². The monoisotopic (exact) mass is 228 g/mol. The molecule has 14 heavy (non-hydrogen) atoms. The number of hydrogen-bond donors (Lipinski definition) is 0. The molecule has 1 rings (SSSR count). The SMILES string of the molecule is COC(=O)C1(S(=O)[O-])CCCCC1.[Na+]. The van der Waals surface area contributed by atoms with E-state index in [4.69, 9.17) is 0 Å². The Labute approximate surface area is 108 Å². The molecule has 1 aliphatic carbocycles. The van der Waals surface area contributed by atoms with Crippen LogP contribution < -0.4 is 29.6 Å². The Hall–Kier alpha value is 0.580. The third kappa shape index (κ3) is 2.79. The maximum atomic E-state index is 11.3. The van der Waals surface area contributed by atoms with Crippen molar-refractivity contribution in [1.82, 2.24) is 0 Å². The first kappa shape index (κ1) is 14.6. The fourth-order valence-corrected chi connectivity index (χ4v) is 2.59. The van der Waals surface area contributed by atoms with E-state index in [2.05, 4.69) is 4.74 Å². The Balaban J connectivity index is 0.00000169. The van der Waals surface area contributed by atoms with Gasteiger partial charge in [0.05, 0.1) is 7.11 Å². The first-order valence-electron chi connectivity index (χ1n) is 4.31. The van der Waals surface area contributed by atoms with Crippen molar-refractivity contribution in [2.45, 2.75) is 36.9 Å². The number of carbonyl (C=O) groups excluding carboxylic acids is 1. The Bertz CT molecular complexity index is 225. The molecule has 1 aliphatic rings. The average molecular weight is 228 g/mol. The van der Waals surface area contributed by atoms with E-state index >= 15 is 0 Å². The quantitative estimate of drug-likeness (QED) is 0.304. The maximum absolute atomic E-state index is 11.3. The Kier molecular flexibility index (Phi) is 6.48. The van der Waals surface area contributed by atoms with Crippen molar-refractivity contribution >= 4 is 17.0 Å². The predicted molar refractivity (Wildman–Crippen MR) is 46.8 cm³/mol. The minimum Gasteiger partial charge on any atom is -0.771 e. The summed E-state index contributed by atoms with van der Waals surface area (Å²) in [6.45, 7) is 0. The van der Waals surface area contributed by atoms with E-state index in [1.807, 2.05) is 0 Å². The van der Waals surface area contributed by atoms with Gasteiger partial charge in [-0.05, 0) is 23.9 Å². The molecule has 1 unspecified atom stereocenters. The molecule has 1 fully saturated rings. The molecule has 1 saturated carbocycles. The zero-order valence-corrected chi connectivity index (χ0v) is 11.4. The van der Waals surface area contributed by atoms with Crippen LogP contribution in [-0.4, -0.2) is 26.6 Å². The maximum Gasteiger partial charge on any atom is 1.00 e. The summed E-state index contributed by atoms with van der Waals surface area (Å²) in [5, 5.41) is 0. The molecule has 6 heteroatoms. The van der Waals surface area contributed by atoms with E-state index in [9.17, 15) is 13.6 Å². The summed E-state index contributed by atoms with van der Waals surface area (Å²) in [6.07, 6.45) is 3.35. The van der Waals surface area contributed by atoms with E-state index in [1.165, 1.54) is 7.11 Å². The molecule has 0 saturated heterocycles. The zero-order chi connectivity index (χ0) is 9.90. The van der Waals surface area contributed by atoms with Gasteiger partial charge in [-0.1, -0.05) is 19.3 Å². The fourth-order valence-electron chi connectivity index (χ4n) is 1.75. The number of ether oxygens (including phenoxy) is 1. The minimum absolute atomic E-state index is 0. The molecule has 76 valence electrons. The third-order valence-electron chi connectivity index (χ3n) is 2.54. The second-order valence-corrected chi connectivity index (χ2v) is 4.53. The zero-order valence-electron chi connectivity index (χ0n) is 8.58. The number of esters is 1. The molecular formula is C8H13NaO4S. The van der Waals surface area contributed by atoms with Crippen molar-refractivity contribution in [3.63, 3.8) is 0 Å². The topological polar surface area (TPSA) is 66.4 Å². The molecule has 1 atom stereocenters. The van der Waals surface area contributed by atoms with Crippen LogP contribution in [0.25, 0.3) is 0 Å². The van der Waals surface area contributed by atoms with Gasteiger partial charge in [0.2, 0.25) is 0 Å². The Morgan fingerprint density at radius 2 is 1.86 bits per heavy atom. The summed E-state index contributed by atoms with van der Waals surface area (Å²) in [6, 6.07) is 0. The van der Waals surface area contributed by atoms with Gasteiger partial charge < -0.3 is 9.29 Å². The van der Waals surface area contributed by atoms with Crippen LogP contribution >= 0.6 is 0 Å². The van der Waals surface area contributed by atoms with Gasteiger partial charge in [0.25, 0.3) is 0 Å². The van der Waals surface area contributed by atoms with Crippen molar-refractivity contribution in [3.05, 3.63) is 0 Å². The number of methoxy groups -OCH3 is 1. The van der Waals surface area contributed by atoms with E-state index in [1.54, 1.807) is 0 Å². The molecule has 0 aromatic rings. The summed E-state index contributed by atoms with van der Waals surface area (Å²) in [5.41, 5.74) is 0. The molecule has 0 bridgehead atoms. The van der Waals surface area contributed by atoms with Gasteiger partial charge in [-0.25, -0.2) is 0 Å². The third-order valence-corrected chi connectivity index (χ3v) is 3.75. The van der Waals surface area contributed by atoms with E-state index in [-0.39, 0.29) is 29.6 Å². The molecule has 0 aromatic carbocycles. The van der Waals surface area contributed by atoms with Gasteiger partial charge in [-0.2, -0.15) is 0 Å². The summed E-state index contributed by atoms with van der Waals surface area (Å²) < 4.78 is 25.2. The molecule has 0 aliphatic heterocycles. The molecule has 0 heterocycles. The minimum atomic E-state index is -2.37. The van der Waals surface area contributed by atoms with E-state index in [0.717, 1.165) is 19.3 Å². The molecular weight excluding hydrogens is 215 g/mol. The number of hydrogen-bond acceptors (Lipinski definition) is 4. The van der Waals surface area contributed by atoms with Crippen LogP contribution in [0, 0.1) is 0 Å². The van der Waals surface area contributed by atoms with E-state index in [0.29, 0.717) is 12.8 Å². The first-order chi connectivity index (χ1) is 6.13. The van der Waals surface area contributed by atoms with Gasteiger partial charge in [-0.3, -0.25) is 9.00 Å². The number of rotatable bonds is 2. The van der Waals surface area contributed by atoms with Gasteiger partial charge in [0, 0.05) is 0 Å². The molecule has 0 aromatic heterocycles. The fraction of sp³-hybridized carbons (Fsp3) is 0.875. The van der Waals surface area contributed by atoms with Crippen LogP contribution in [0.3, 0.4) is 0 Å². The van der Waals surface area contributed by atoms with Crippen molar-refractivity contribution in [2.24, 2.45) is 0 Å². The standard InChI is InChI=1S/C8H14O4S.Na/c1-12-7(9)8(13(10)11)5-3-2-4-6-8;/h2-6H2,1H3,(H,10,11);/q;+1/p-1. The van der Waals surface area contributed by atoms with Crippen LogP contribution in [0.15, 0.2) is 0 Å². The first-order valence-corrected chi connectivity index (χ1v) is 5.39. The Morgan fingerprint density at radius 1 is 1.36 bits per heavy atom. The smallest absolute Gasteiger partial charge is 0.771 e. The van der Waals surface area contributed by atoms with Crippen molar-refractivity contribution in [2.75, 3.05) is 7.11 Å². The molecule has 0 amide bonds. The van der Waals surface area contributed by atoms with E-state index < -0.39 is 21.8 Å². The second kappa shape index (κ2) is 6.23. The number of carbonyl (C=O) groups is 1.